The van der Waals surface area contributed by atoms with Crippen LogP contribution in [0.1, 0.15) is 11.1 Å². The Morgan fingerprint density at radius 2 is 1.92 bits per heavy atom. The van der Waals surface area contributed by atoms with Gasteiger partial charge in [0.25, 0.3) is 5.69 Å². The summed E-state index contributed by atoms with van der Waals surface area (Å²) in [5, 5.41) is 23.7. The first-order valence-corrected chi connectivity index (χ1v) is 7.71. The molecule has 6 heteroatoms. The fraction of sp³-hybridized carbons (Fsp3) is 0.111. The zero-order valence-corrected chi connectivity index (χ0v) is 13.2. The van der Waals surface area contributed by atoms with E-state index in [2.05, 4.69) is 0 Å². The molecular formula is C18H12ClNO4. The molecule has 0 aliphatic carbocycles. The van der Waals surface area contributed by atoms with Crippen molar-refractivity contribution in [1.82, 2.24) is 0 Å². The van der Waals surface area contributed by atoms with Gasteiger partial charge < -0.3 is 9.84 Å². The highest BCUT2D eigenvalue weighted by Crippen LogP contribution is 2.48. The maximum Gasteiger partial charge on any atom is 0.278 e. The first kappa shape index (κ1) is 14.9. The van der Waals surface area contributed by atoms with E-state index in [1.165, 1.54) is 6.07 Å². The Bertz CT molecular complexity index is 974. The fourth-order valence-electron chi connectivity index (χ4n) is 3.24. The van der Waals surface area contributed by atoms with Gasteiger partial charge in [-0.2, -0.15) is 0 Å². The summed E-state index contributed by atoms with van der Waals surface area (Å²) >= 11 is 6.19. The lowest BCUT2D eigenvalue weighted by Gasteiger charge is -2.35. The van der Waals surface area contributed by atoms with Gasteiger partial charge in [-0.1, -0.05) is 54.1 Å². The second kappa shape index (κ2) is 5.19. The molecule has 1 aliphatic rings. The molecule has 1 unspecified atom stereocenters. The van der Waals surface area contributed by atoms with Crippen LogP contribution >= 0.6 is 11.6 Å². The summed E-state index contributed by atoms with van der Waals surface area (Å²) in [5.41, 5.74) is -0.294. The minimum atomic E-state index is -1.40. The first-order chi connectivity index (χ1) is 11.5. The van der Waals surface area contributed by atoms with Gasteiger partial charge in [-0.05, 0) is 11.6 Å². The first-order valence-electron chi connectivity index (χ1n) is 7.33. The largest absolute Gasteiger partial charge is 0.488 e. The summed E-state index contributed by atoms with van der Waals surface area (Å²) in [4.78, 5) is 10.9. The van der Waals surface area contributed by atoms with Gasteiger partial charge in [-0.3, -0.25) is 10.1 Å². The lowest BCUT2D eigenvalue weighted by molar-refractivity contribution is -0.383. The molecule has 5 nitrogen and oxygen atoms in total. The van der Waals surface area contributed by atoms with Crippen molar-refractivity contribution in [2.75, 3.05) is 6.61 Å². The van der Waals surface area contributed by atoms with E-state index in [-0.39, 0.29) is 17.3 Å². The highest BCUT2D eigenvalue weighted by atomic mass is 35.5. The Hall–Kier alpha value is -2.63. The molecule has 1 atom stereocenters. The number of hydrogen-bond acceptors (Lipinski definition) is 4. The van der Waals surface area contributed by atoms with Crippen molar-refractivity contribution in [2.24, 2.45) is 0 Å². The van der Waals surface area contributed by atoms with Crippen LogP contribution in [0.25, 0.3) is 10.8 Å². The smallest absolute Gasteiger partial charge is 0.278 e. The van der Waals surface area contributed by atoms with E-state index in [0.29, 0.717) is 27.6 Å². The van der Waals surface area contributed by atoms with Crippen LogP contribution in [0.3, 0.4) is 0 Å². The van der Waals surface area contributed by atoms with E-state index in [4.69, 9.17) is 16.3 Å². The minimum absolute atomic E-state index is 0.0132. The number of aliphatic hydroxyl groups is 1. The Morgan fingerprint density at radius 1 is 1.17 bits per heavy atom. The molecule has 4 rings (SSSR count). The standard InChI is InChI=1S/C18H12ClNO4/c19-14-9-15(20(22)23)12-7-4-8-13-16(12)17(14)24-10-18(13,21)11-5-2-1-3-6-11/h1-9,21H,10H2. The van der Waals surface area contributed by atoms with Gasteiger partial charge in [-0.25, -0.2) is 0 Å². The molecule has 24 heavy (non-hydrogen) atoms. The zero-order chi connectivity index (χ0) is 16.9. The summed E-state index contributed by atoms with van der Waals surface area (Å²) in [6, 6.07) is 15.5. The number of nitrogens with zero attached hydrogens (tertiary/aromatic N) is 1. The summed E-state index contributed by atoms with van der Waals surface area (Å²) in [7, 11) is 0. The number of nitro groups is 1. The van der Waals surface area contributed by atoms with Crippen molar-refractivity contribution in [2.45, 2.75) is 5.60 Å². The summed E-state index contributed by atoms with van der Waals surface area (Å²) in [6.07, 6.45) is 0. The molecule has 0 spiro atoms. The van der Waals surface area contributed by atoms with Crippen LogP contribution in [-0.4, -0.2) is 16.6 Å². The van der Waals surface area contributed by atoms with E-state index in [1.54, 1.807) is 30.3 Å². The predicted molar refractivity (Wildman–Crippen MR) is 90.5 cm³/mol. The third kappa shape index (κ3) is 1.99. The number of ether oxygens (including phenoxy) is 1. The van der Waals surface area contributed by atoms with E-state index in [0.717, 1.165) is 0 Å². The Labute approximate surface area is 142 Å². The van der Waals surface area contributed by atoms with Crippen LogP contribution in [0.4, 0.5) is 5.69 Å². The van der Waals surface area contributed by atoms with Crippen LogP contribution in [0.2, 0.25) is 5.02 Å². The summed E-state index contributed by atoms with van der Waals surface area (Å²) in [5.74, 6) is 0.369. The average Bonchev–Trinajstić information content (AvgIpc) is 2.60. The molecule has 0 saturated carbocycles. The predicted octanol–water partition coefficient (Wildman–Crippen LogP) is 4.03. The zero-order valence-electron chi connectivity index (χ0n) is 12.4. The molecular weight excluding hydrogens is 330 g/mol. The van der Waals surface area contributed by atoms with Gasteiger partial charge in [0.2, 0.25) is 0 Å². The van der Waals surface area contributed by atoms with Crippen molar-refractivity contribution in [1.29, 1.82) is 0 Å². The third-order valence-corrected chi connectivity index (χ3v) is 4.65. The molecule has 0 saturated heterocycles. The van der Waals surface area contributed by atoms with Gasteiger partial charge >= 0.3 is 0 Å². The van der Waals surface area contributed by atoms with Crippen molar-refractivity contribution in [3.8, 4) is 5.75 Å². The molecule has 0 bridgehead atoms. The summed E-state index contributed by atoms with van der Waals surface area (Å²) in [6.45, 7) is -0.0132. The highest BCUT2D eigenvalue weighted by molar-refractivity contribution is 6.34. The quantitative estimate of drug-likeness (QED) is 0.564. The molecule has 0 fully saturated rings. The molecule has 1 heterocycles. The Kier molecular flexibility index (Phi) is 3.23. The molecule has 120 valence electrons. The minimum Gasteiger partial charge on any atom is -0.488 e. The molecule has 0 amide bonds. The van der Waals surface area contributed by atoms with Gasteiger partial charge in [0.1, 0.15) is 18.0 Å². The van der Waals surface area contributed by atoms with E-state index >= 15 is 0 Å². The number of halogens is 1. The van der Waals surface area contributed by atoms with Crippen LogP contribution in [0.5, 0.6) is 5.75 Å². The van der Waals surface area contributed by atoms with Gasteiger partial charge in [-0.15, -0.1) is 0 Å². The Balaban J connectivity index is 2.10. The van der Waals surface area contributed by atoms with Crippen molar-refractivity contribution in [3.63, 3.8) is 0 Å². The van der Waals surface area contributed by atoms with Crippen molar-refractivity contribution >= 4 is 28.1 Å². The van der Waals surface area contributed by atoms with Crippen molar-refractivity contribution < 1.29 is 14.8 Å². The van der Waals surface area contributed by atoms with Gasteiger partial charge in [0, 0.05) is 17.0 Å². The second-order valence-corrected chi connectivity index (χ2v) is 6.11. The van der Waals surface area contributed by atoms with E-state index < -0.39 is 10.5 Å². The highest BCUT2D eigenvalue weighted by Gasteiger charge is 2.40. The van der Waals surface area contributed by atoms with Gasteiger partial charge in [0.15, 0.2) is 0 Å². The molecule has 1 N–H and O–H groups in total. The lowest BCUT2D eigenvalue weighted by Crippen LogP contribution is -2.37. The average molecular weight is 342 g/mol. The monoisotopic (exact) mass is 341 g/mol. The molecule has 3 aromatic carbocycles. The molecule has 3 aromatic rings. The topological polar surface area (TPSA) is 72.6 Å². The maximum absolute atomic E-state index is 11.4. The van der Waals surface area contributed by atoms with E-state index in [1.807, 2.05) is 18.2 Å². The van der Waals surface area contributed by atoms with Crippen LogP contribution < -0.4 is 4.74 Å². The van der Waals surface area contributed by atoms with Gasteiger partial charge in [0.05, 0.1) is 15.3 Å². The molecule has 1 aliphatic heterocycles. The van der Waals surface area contributed by atoms with E-state index in [9.17, 15) is 15.2 Å². The number of non-ortho nitro benzene ring substituents is 1. The fourth-order valence-corrected chi connectivity index (χ4v) is 3.49. The van der Waals surface area contributed by atoms with Crippen LogP contribution in [-0.2, 0) is 5.60 Å². The number of benzene rings is 3. The normalized spacial score (nSPS) is 19.1. The molecule has 0 radical (unpaired) electrons. The van der Waals surface area contributed by atoms with Crippen LogP contribution in [0, 0.1) is 10.1 Å². The number of rotatable bonds is 2. The molecule has 0 aromatic heterocycles. The number of nitro benzene ring substituents is 1. The number of hydrogen-bond donors (Lipinski definition) is 1. The SMILES string of the molecule is O=[N+]([O-])c1cc(Cl)c2c3c(cccc13)C(O)(c1ccccc1)CO2. The third-order valence-electron chi connectivity index (χ3n) is 4.37. The lowest BCUT2D eigenvalue weighted by atomic mass is 9.82. The maximum atomic E-state index is 11.4. The van der Waals surface area contributed by atoms with Crippen molar-refractivity contribution in [3.05, 3.63) is 80.9 Å². The second-order valence-electron chi connectivity index (χ2n) is 5.71. The Morgan fingerprint density at radius 3 is 2.62 bits per heavy atom. The summed E-state index contributed by atoms with van der Waals surface area (Å²) < 4.78 is 5.73. The van der Waals surface area contributed by atoms with Crippen LogP contribution in [0.15, 0.2) is 54.6 Å².